The Balaban J connectivity index is 1.66. The molecule has 1 aliphatic heterocycles. The van der Waals surface area contributed by atoms with E-state index in [1.807, 2.05) is 0 Å². The Labute approximate surface area is 72.2 Å². The van der Waals surface area contributed by atoms with Crippen molar-refractivity contribution in [2.24, 2.45) is 0 Å². The molecule has 0 bridgehead atoms. The monoisotopic (exact) mass is 175 g/mol. The standard InChI is InChI=1S/C8H14ClNO/c9-6-3-8(4-6)10-7-1-2-11-5-7/h6-8,10H,1-5H2. The van der Waals surface area contributed by atoms with Gasteiger partial charge in [0.05, 0.1) is 6.61 Å². The largest absolute Gasteiger partial charge is 0.380 e. The van der Waals surface area contributed by atoms with Crippen LogP contribution in [0.15, 0.2) is 0 Å². The average Bonchev–Trinajstić information content (AvgIpc) is 2.36. The fraction of sp³-hybridized carbons (Fsp3) is 1.00. The summed E-state index contributed by atoms with van der Waals surface area (Å²) in [5.41, 5.74) is 0. The second-order valence-electron chi connectivity index (χ2n) is 3.49. The molecule has 0 amide bonds. The molecule has 1 aliphatic carbocycles. The Morgan fingerprint density at radius 3 is 2.64 bits per heavy atom. The number of nitrogens with one attached hydrogen (secondary N) is 1. The molecule has 0 radical (unpaired) electrons. The molecule has 2 aliphatic rings. The molecule has 3 heteroatoms. The first-order valence-corrected chi connectivity index (χ1v) is 4.76. The molecule has 11 heavy (non-hydrogen) atoms. The van der Waals surface area contributed by atoms with Crippen LogP contribution in [0.2, 0.25) is 0 Å². The van der Waals surface area contributed by atoms with Gasteiger partial charge in [0.1, 0.15) is 0 Å². The highest BCUT2D eigenvalue weighted by atomic mass is 35.5. The summed E-state index contributed by atoms with van der Waals surface area (Å²) in [6.45, 7) is 1.82. The number of halogens is 1. The summed E-state index contributed by atoms with van der Waals surface area (Å²) in [5.74, 6) is 0. The molecule has 1 saturated heterocycles. The van der Waals surface area contributed by atoms with E-state index in [0.29, 0.717) is 17.5 Å². The minimum Gasteiger partial charge on any atom is -0.380 e. The lowest BCUT2D eigenvalue weighted by molar-refractivity contribution is 0.183. The van der Waals surface area contributed by atoms with E-state index in [-0.39, 0.29) is 0 Å². The van der Waals surface area contributed by atoms with Gasteiger partial charge in [-0.1, -0.05) is 0 Å². The number of rotatable bonds is 2. The van der Waals surface area contributed by atoms with Gasteiger partial charge in [0.2, 0.25) is 0 Å². The summed E-state index contributed by atoms with van der Waals surface area (Å²) < 4.78 is 5.26. The van der Waals surface area contributed by atoms with E-state index in [0.717, 1.165) is 26.1 Å². The van der Waals surface area contributed by atoms with Gasteiger partial charge in [-0.2, -0.15) is 0 Å². The molecule has 1 N–H and O–H groups in total. The Kier molecular flexibility index (Phi) is 2.35. The van der Waals surface area contributed by atoms with E-state index in [1.54, 1.807) is 0 Å². The summed E-state index contributed by atoms with van der Waals surface area (Å²) in [6, 6.07) is 1.27. The molecule has 1 atom stereocenters. The van der Waals surface area contributed by atoms with Gasteiger partial charge in [0.25, 0.3) is 0 Å². The Bertz CT molecular complexity index is 130. The van der Waals surface area contributed by atoms with Gasteiger partial charge in [-0.25, -0.2) is 0 Å². The Morgan fingerprint density at radius 2 is 2.09 bits per heavy atom. The molecular formula is C8H14ClNO. The van der Waals surface area contributed by atoms with E-state index >= 15 is 0 Å². The van der Waals surface area contributed by atoms with Crippen molar-refractivity contribution in [3.63, 3.8) is 0 Å². The maximum Gasteiger partial charge on any atom is 0.0620 e. The Hall–Kier alpha value is 0.210. The van der Waals surface area contributed by atoms with Gasteiger partial charge < -0.3 is 10.1 Å². The third kappa shape index (κ3) is 1.86. The highest BCUT2D eigenvalue weighted by Gasteiger charge is 2.29. The number of ether oxygens (including phenoxy) is 1. The van der Waals surface area contributed by atoms with Crippen molar-refractivity contribution in [3.05, 3.63) is 0 Å². The zero-order chi connectivity index (χ0) is 7.68. The predicted molar refractivity (Wildman–Crippen MR) is 45.0 cm³/mol. The molecule has 1 saturated carbocycles. The molecule has 2 rings (SSSR count). The molecule has 0 spiro atoms. The fourth-order valence-electron chi connectivity index (χ4n) is 1.68. The van der Waals surface area contributed by atoms with Crippen LogP contribution < -0.4 is 5.32 Å². The predicted octanol–water partition coefficient (Wildman–Crippen LogP) is 1.13. The lowest BCUT2D eigenvalue weighted by Gasteiger charge is -2.33. The van der Waals surface area contributed by atoms with Crippen molar-refractivity contribution >= 4 is 11.6 Å². The van der Waals surface area contributed by atoms with Crippen LogP contribution in [0.4, 0.5) is 0 Å². The molecule has 64 valence electrons. The van der Waals surface area contributed by atoms with E-state index in [9.17, 15) is 0 Å². The van der Waals surface area contributed by atoms with Gasteiger partial charge >= 0.3 is 0 Å². The van der Waals surface area contributed by atoms with Crippen LogP contribution in [-0.4, -0.2) is 30.7 Å². The molecular weight excluding hydrogens is 162 g/mol. The van der Waals surface area contributed by atoms with Crippen molar-refractivity contribution in [1.29, 1.82) is 0 Å². The quantitative estimate of drug-likeness (QED) is 0.636. The normalized spacial score (nSPS) is 43.9. The molecule has 0 aromatic heterocycles. The van der Waals surface area contributed by atoms with Crippen molar-refractivity contribution in [2.45, 2.75) is 36.7 Å². The summed E-state index contributed by atoms with van der Waals surface area (Å²) in [6.07, 6.45) is 3.44. The summed E-state index contributed by atoms with van der Waals surface area (Å²) in [5, 5.41) is 3.96. The lowest BCUT2D eigenvalue weighted by Crippen LogP contribution is -2.47. The first-order valence-electron chi connectivity index (χ1n) is 4.32. The van der Waals surface area contributed by atoms with Crippen LogP contribution in [0, 0.1) is 0 Å². The summed E-state index contributed by atoms with van der Waals surface area (Å²) in [4.78, 5) is 0. The van der Waals surface area contributed by atoms with Gasteiger partial charge in [-0.3, -0.25) is 0 Å². The van der Waals surface area contributed by atoms with Crippen LogP contribution in [0.5, 0.6) is 0 Å². The van der Waals surface area contributed by atoms with Gasteiger partial charge in [-0.15, -0.1) is 11.6 Å². The molecule has 1 unspecified atom stereocenters. The van der Waals surface area contributed by atoms with Crippen LogP contribution in [0.1, 0.15) is 19.3 Å². The summed E-state index contributed by atoms with van der Waals surface area (Å²) >= 11 is 5.86. The van der Waals surface area contributed by atoms with Gasteiger partial charge in [0, 0.05) is 24.1 Å². The number of hydrogen-bond donors (Lipinski definition) is 1. The molecule has 2 fully saturated rings. The second kappa shape index (κ2) is 3.30. The third-order valence-electron chi connectivity index (χ3n) is 2.48. The SMILES string of the molecule is ClC1CC(NC2CCOC2)C1. The minimum atomic E-state index is 0.426. The number of hydrogen-bond acceptors (Lipinski definition) is 2. The summed E-state index contributed by atoms with van der Waals surface area (Å²) in [7, 11) is 0. The first kappa shape index (κ1) is 7.84. The molecule has 0 aromatic rings. The highest BCUT2D eigenvalue weighted by molar-refractivity contribution is 6.21. The molecule has 2 nitrogen and oxygen atoms in total. The van der Waals surface area contributed by atoms with Crippen molar-refractivity contribution in [3.8, 4) is 0 Å². The van der Waals surface area contributed by atoms with Gasteiger partial charge in [0.15, 0.2) is 0 Å². The second-order valence-corrected chi connectivity index (χ2v) is 4.11. The lowest BCUT2D eigenvalue weighted by atomic mass is 9.91. The van der Waals surface area contributed by atoms with Crippen LogP contribution in [-0.2, 0) is 4.74 Å². The number of alkyl halides is 1. The molecule has 1 heterocycles. The zero-order valence-corrected chi connectivity index (χ0v) is 7.31. The van der Waals surface area contributed by atoms with E-state index in [1.165, 1.54) is 6.42 Å². The smallest absolute Gasteiger partial charge is 0.0620 e. The maximum absolute atomic E-state index is 5.86. The van der Waals surface area contributed by atoms with Crippen molar-refractivity contribution in [2.75, 3.05) is 13.2 Å². The first-order chi connectivity index (χ1) is 5.34. The van der Waals surface area contributed by atoms with E-state index in [2.05, 4.69) is 5.32 Å². The maximum atomic E-state index is 5.86. The van der Waals surface area contributed by atoms with E-state index in [4.69, 9.17) is 16.3 Å². The average molecular weight is 176 g/mol. The van der Waals surface area contributed by atoms with Crippen LogP contribution in [0.3, 0.4) is 0 Å². The van der Waals surface area contributed by atoms with Crippen molar-refractivity contribution in [1.82, 2.24) is 5.32 Å². The van der Waals surface area contributed by atoms with E-state index < -0.39 is 0 Å². The fourth-order valence-corrected chi connectivity index (χ4v) is 2.11. The van der Waals surface area contributed by atoms with Gasteiger partial charge in [-0.05, 0) is 19.3 Å². The zero-order valence-electron chi connectivity index (χ0n) is 6.55. The Morgan fingerprint density at radius 1 is 1.27 bits per heavy atom. The third-order valence-corrected chi connectivity index (χ3v) is 2.84. The topological polar surface area (TPSA) is 21.3 Å². The molecule has 0 aromatic carbocycles. The van der Waals surface area contributed by atoms with Crippen LogP contribution in [0.25, 0.3) is 0 Å². The highest BCUT2D eigenvalue weighted by Crippen LogP contribution is 2.26. The van der Waals surface area contributed by atoms with Crippen molar-refractivity contribution < 1.29 is 4.74 Å². The minimum absolute atomic E-state index is 0.426. The van der Waals surface area contributed by atoms with Crippen LogP contribution >= 0.6 is 11.6 Å².